The predicted octanol–water partition coefficient (Wildman–Crippen LogP) is 6.81. The molecule has 4 rings (SSSR count). The van der Waals surface area contributed by atoms with E-state index in [4.69, 9.17) is 34.8 Å². The van der Waals surface area contributed by atoms with Gasteiger partial charge in [0.25, 0.3) is 26.0 Å². The Morgan fingerprint density at radius 2 is 1.21 bits per heavy atom. The summed E-state index contributed by atoms with van der Waals surface area (Å²) in [5.74, 6) is -0.627. The molecule has 4 aromatic rings. The number of hydrogen-bond donors (Lipinski definition) is 3. The SMILES string of the molecule is Cc1ccc(S(=O)(=O)Nc2ccc(Cl)c(C(=O)Nc3ccc(S(=O)(=O)Nc4ccc(Cl)cc4Cl)cc3)c2)cc1. The van der Waals surface area contributed by atoms with Gasteiger partial charge in [-0.25, -0.2) is 16.8 Å². The first kappa shape index (κ1) is 28.7. The molecule has 0 fully saturated rings. The number of halogens is 3. The van der Waals surface area contributed by atoms with Crippen LogP contribution in [0, 0.1) is 6.92 Å². The molecule has 0 aliphatic carbocycles. The van der Waals surface area contributed by atoms with Crippen LogP contribution < -0.4 is 14.8 Å². The molecule has 0 aliphatic heterocycles. The van der Waals surface area contributed by atoms with Crippen molar-refractivity contribution in [1.29, 1.82) is 0 Å². The highest BCUT2D eigenvalue weighted by Gasteiger charge is 2.19. The molecule has 0 saturated carbocycles. The van der Waals surface area contributed by atoms with Gasteiger partial charge in [-0.1, -0.05) is 52.5 Å². The summed E-state index contributed by atoms with van der Waals surface area (Å²) in [6, 6.07) is 20.2. The molecule has 8 nitrogen and oxygen atoms in total. The third-order valence-corrected chi connectivity index (χ3v) is 9.05. The minimum absolute atomic E-state index is 0.0107. The molecule has 13 heteroatoms. The number of amides is 1. The van der Waals surface area contributed by atoms with Crippen molar-refractivity contribution < 1.29 is 21.6 Å². The van der Waals surface area contributed by atoms with Gasteiger partial charge in [-0.05, 0) is 79.7 Å². The van der Waals surface area contributed by atoms with Gasteiger partial charge in [0.1, 0.15) is 0 Å². The molecule has 39 heavy (non-hydrogen) atoms. The topological polar surface area (TPSA) is 121 Å². The number of hydrogen-bond acceptors (Lipinski definition) is 5. The van der Waals surface area contributed by atoms with Crippen molar-refractivity contribution in [2.24, 2.45) is 0 Å². The molecule has 0 unspecified atom stereocenters. The van der Waals surface area contributed by atoms with Gasteiger partial charge in [-0.15, -0.1) is 0 Å². The fourth-order valence-corrected chi connectivity index (χ4v) is 6.23. The first-order chi connectivity index (χ1) is 18.3. The highest BCUT2D eigenvalue weighted by molar-refractivity contribution is 7.93. The Labute approximate surface area is 241 Å². The maximum absolute atomic E-state index is 12.9. The van der Waals surface area contributed by atoms with Crippen LogP contribution >= 0.6 is 34.8 Å². The first-order valence-electron chi connectivity index (χ1n) is 11.1. The van der Waals surface area contributed by atoms with Gasteiger partial charge in [0.15, 0.2) is 0 Å². The lowest BCUT2D eigenvalue weighted by Crippen LogP contribution is -2.16. The van der Waals surface area contributed by atoms with Gasteiger partial charge in [0, 0.05) is 16.4 Å². The van der Waals surface area contributed by atoms with Crippen LogP contribution in [0.25, 0.3) is 0 Å². The van der Waals surface area contributed by atoms with Crippen molar-refractivity contribution in [2.75, 3.05) is 14.8 Å². The Balaban J connectivity index is 1.48. The summed E-state index contributed by atoms with van der Waals surface area (Å²) >= 11 is 18.1. The molecular formula is C26H20Cl3N3O5S2. The van der Waals surface area contributed by atoms with E-state index in [0.29, 0.717) is 5.02 Å². The van der Waals surface area contributed by atoms with Crippen molar-refractivity contribution in [1.82, 2.24) is 0 Å². The van der Waals surface area contributed by atoms with Gasteiger partial charge in [-0.3, -0.25) is 14.2 Å². The lowest BCUT2D eigenvalue weighted by Gasteiger charge is -2.12. The Kier molecular flexibility index (Phi) is 8.43. The van der Waals surface area contributed by atoms with Crippen molar-refractivity contribution in [3.05, 3.63) is 111 Å². The van der Waals surface area contributed by atoms with Crippen molar-refractivity contribution in [3.63, 3.8) is 0 Å². The zero-order valence-electron chi connectivity index (χ0n) is 20.1. The molecule has 0 atom stereocenters. The second-order valence-corrected chi connectivity index (χ2v) is 12.9. The van der Waals surface area contributed by atoms with E-state index in [9.17, 15) is 21.6 Å². The molecule has 202 valence electrons. The fourth-order valence-electron chi connectivity index (χ4n) is 3.39. The van der Waals surface area contributed by atoms with Crippen LogP contribution in [0.5, 0.6) is 0 Å². The summed E-state index contributed by atoms with van der Waals surface area (Å²) in [6.45, 7) is 1.84. The molecular weight excluding hydrogens is 605 g/mol. The van der Waals surface area contributed by atoms with E-state index < -0.39 is 26.0 Å². The van der Waals surface area contributed by atoms with Crippen LogP contribution in [-0.4, -0.2) is 22.7 Å². The first-order valence-corrected chi connectivity index (χ1v) is 15.2. The number of benzene rings is 4. The normalized spacial score (nSPS) is 11.6. The third kappa shape index (κ3) is 7.03. The lowest BCUT2D eigenvalue weighted by atomic mass is 10.2. The van der Waals surface area contributed by atoms with Gasteiger partial charge in [-0.2, -0.15) is 0 Å². The molecule has 1 amide bonds. The van der Waals surface area contributed by atoms with E-state index in [0.717, 1.165) is 5.56 Å². The van der Waals surface area contributed by atoms with Crippen LogP contribution in [0.4, 0.5) is 17.1 Å². The zero-order chi connectivity index (χ0) is 28.4. The highest BCUT2D eigenvalue weighted by Crippen LogP contribution is 2.28. The fraction of sp³-hybridized carbons (Fsp3) is 0.0385. The molecule has 0 heterocycles. The van der Waals surface area contributed by atoms with Gasteiger partial charge < -0.3 is 5.32 Å². The van der Waals surface area contributed by atoms with Crippen LogP contribution in [0.2, 0.25) is 15.1 Å². The maximum Gasteiger partial charge on any atom is 0.261 e. The monoisotopic (exact) mass is 623 g/mol. The number of sulfonamides is 2. The lowest BCUT2D eigenvalue weighted by molar-refractivity contribution is 0.102. The Morgan fingerprint density at radius 3 is 1.82 bits per heavy atom. The smallest absolute Gasteiger partial charge is 0.261 e. The number of carbonyl (C=O) groups is 1. The van der Waals surface area contributed by atoms with Crippen LogP contribution in [0.1, 0.15) is 15.9 Å². The van der Waals surface area contributed by atoms with Crippen LogP contribution in [0.3, 0.4) is 0 Å². The van der Waals surface area contributed by atoms with Crippen molar-refractivity contribution in [2.45, 2.75) is 16.7 Å². The third-order valence-electron chi connectivity index (χ3n) is 5.39. The van der Waals surface area contributed by atoms with E-state index in [2.05, 4.69) is 14.8 Å². The molecule has 0 bridgehead atoms. The van der Waals surface area contributed by atoms with Gasteiger partial charge in [0.2, 0.25) is 0 Å². The maximum atomic E-state index is 12.9. The van der Waals surface area contributed by atoms with Gasteiger partial charge >= 0.3 is 0 Å². The molecule has 4 aromatic carbocycles. The van der Waals surface area contributed by atoms with Gasteiger partial charge in [0.05, 0.1) is 31.1 Å². The molecule has 0 aliphatic rings. The standard InChI is InChI=1S/C26H20Cl3N3O5S2/c1-16-2-8-20(9-3-16)38(34,35)31-19-7-12-23(28)22(15-19)26(33)30-18-5-10-21(11-6-18)39(36,37)32-25-13-4-17(27)14-24(25)29/h2-15,31-32H,1H3,(H,30,33). The van der Waals surface area contributed by atoms with E-state index in [-0.39, 0.29) is 42.5 Å². The molecule has 0 radical (unpaired) electrons. The number of aryl methyl sites for hydroxylation is 1. The molecule has 0 aromatic heterocycles. The number of anilines is 3. The van der Waals surface area contributed by atoms with E-state index in [1.165, 1.54) is 72.8 Å². The summed E-state index contributed by atoms with van der Waals surface area (Å²) in [5, 5.41) is 3.20. The second-order valence-electron chi connectivity index (χ2n) is 8.32. The average Bonchev–Trinajstić information content (AvgIpc) is 2.87. The largest absolute Gasteiger partial charge is 0.322 e. The quantitative estimate of drug-likeness (QED) is 0.199. The number of rotatable bonds is 8. The summed E-state index contributed by atoms with van der Waals surface area (Å²) in [4.78, 5) is 12.9. The second kappa shape index (κ2) is 11.4. The van der Waals surface area contributed by atoms with Crippen LogP contribution in [-0.2, 0) is 20.0 Å². The minimum Gasteiger partial charge on any atom is -0.322 e. The van der Waals surface area contributed by atoms with E-state index in [1.807, 2.05) is 6.92 Å². The summed E-state index contributed by atoms with van der Waals surface area (Å²) in [5.41, 5.74) is 1.50. The highest BCUT2D eigenvalue weighted by atomic mass is 35.5. The average molecular weight is 625 g/mol. The summed E-state index contributed by atoms with van der Waals surface area (Å²) in [6.07, 6.45) is 0. The Bertz CT molecular complexity index is 1760. The number of carbonyl (C=O) groups excluding carboxylic acids is 1. The minimum atomic E-state index is -3.98. The molecule has 3 N–H and O–H groups in total. The Hall–Kier alpha value is -3.28. The predicted molar refractivity (Wildman–Crippen MR) is 155 cm³/mol. The zero-order valence-corrected chi connectivity index (χ0v) is 24.0. The van der Waals surface area contributed by atoms with E-state index in [1.54, 1.807) is 12.1 Å². The van der Waals surface area contributed by atoms with Crippen molar-refractivity contribution in [3.8, 4) is 0 Å². The van der Waals surface area contributed by atoms with Crippen LogP contribution in [0.15, 0.2) is 94.7 Å². The van der Waals surface area contributed by atoms with E-state index >= 15 is 0 Å². The Morgan fingerprint density at radius 1 is 0.641 bits per heavy atom. The molecule has 0 saturated heterocycles. The number of nitrogens with one attached hydrogen (secondary N) is 3. The molecule has 0 spiro atoms. The van der Waals surface area contributed by atoms with Crippen molar-refractivity contribution >= 4 is 77.8 Å². The summed E-state index contributed by atoms with van der Waals surface area (Å²) < 4.78 is 55.7. The summed E-state index contributed by atoms with van der Waals surface area (Å²) in [7, 11) is -7.87.